The maximum absolute atomic E-state index is 6.29. The molecule has 3 atom stereocenters. The number of hydrogen-bond donors (Lipinski definition) is 0. The van der Waals surface area contributed by atoms with Crippen LogP contribution in [0, 0.1) is 6.92 Å². The Bertz CT molecular complexity index is 205. The minimum atomic E-state index is -0.226. The first-order chi connectivity index (χ1) is 8.28. The average molecular weight is 423 g/mol. The van der Waals surface area contributed by atoms with Crippen molar-refractivity contribution in [1.82, 2.24) is 0 Å². The van der Waals surface area contributed by atoms with Crippen molar-refractivity contribution in [2.45, 2.75) is 89.1 Å². The van der Waals surface area contributed by atoms with Crippen molar-refractivity contribution in [2.24, 2.45) is 0 Å². The van der Waals surface area contributed by atoms with E-state index in [2.05, 4.69) is 13.8 Å². The number of ether oxygens (including phenoxy) is 2. The Morgan fingerprint density at radius 3 is 2.11 bits per heavy atom. The SMILES string of the molecule is [CH2-]CCC1CCCC2(CCCC(CCC)O2)O1.[W]. The van der Waals surface area contributed by atoms with Crippen molar-refractivity contribution in [1.29, 1.82) is 0 Å². The molecule has 2 rings (SSSR count). The predicted octanol–water partition coefficient (Wildman–Crippen LogP) is 4.23. The summed E-state index contributed by atoms with van der Waals surface area (Å²) in [5.74, 6) is -0.226. The van der Waals surface area contributed by atoms with Gasteiger partial charge in [-0.2, -0.15) is 6.42 Å². The maximum atomic E-state index is 6.29. The summed E-state index contributed by atoms with van der Waals surface area (Å²) in [6, 6.07) is 0. The monoisotopic (exact) mass is 423 g/mol. The Hall–Kier alpha value is 0.608. The average Bonchev–Trinajstić information content (AvgIpc) is 2.30. The fraction of sp³-hybridized carbons (Fsp3) is 0.933. The first-order valence-corrected chi connectivity index (χ1v) is 7.43. The summed E-state index contributed by atoms with van der Waals surface area (Å²) in [6.07, 6.45) is 12.4. The minimum Gasteiger partial charge on any atom is -0.347 e. The quantitative estimate of drug-likeness (QED) is 0.631. The molecule has 0 radical (unpaired) electrons. The summed E-state index contributed by atoms with van der Waals surface area (Å²) < 4.78 is 12.6. The van der Waals surface area contributed by atoms with Gasteiger partial charge in [-0.25, -0.2) is 0 Å². The molecule has 0 bridgehead atoms. The van der Waals surface area contributed by atoms with Gasteiger partial charge in [-0.1, -0.05) is 19.8 Å². The zero-order chi connectivity index (χ0) is 12.1. The van der Waals surface area contributed by atoms with E-state index in [4.69, 9.17) is 9.47 Å². The maximum Gasteiger partial charge on any atom is 0.169 e. The van der Waals surface area contributed by atoms with Crippen LogP contribution in [0.15, 0.2) is 0 Å². The summed E-state index contributed by atoms with van der Waals surface area (Å²) in [5, 5.41) is 0. The van der Waals surface area contributed by atoms with Crippen LogP contribution in [0.2, 0.25) is 0 Å². The van der Waals surface area contributed by atoms with Gasteiger partial charge >= 0.3 is 0 Å². The van der Waals surface area contributed by atoms with Crippen LogP contribution in [-0.2, 0) is 30.5 Å². The summed E-state index contributed by atoms with van der Waals surface area (Å²) in [5.41, 5.74) is 0. The van der Waals surface area contributed by atoms with E-state index in [1.165, 1.54) is 38.5 Å². The van der Waals surface area contributed by atoms with Crippen LogP contribution >= 0.6 is 0 Å². The van der Waals surface area contributed by atoms with Crippen molar-refractivity contribution in [3.63, 3.8) is 0 Å². The van der Waals surface area contributed by atoms with Crippen LogP contribution in [-0.4, -0.2) is 18.0 Å². The van der Waals surface area contributed by atoms with E-state index in [0.29, 0.717) is 12.2 Å². The van der Waals surface area contributed by atoms with Gasteiger partial charge in [0.15, 0.2) is 5.79 Å². The minimum absolute atomic E-state index is 0. The van der Waals surface area contributed by atoms with E-state index in [1.807, 2.05) is 0 Å². The molecule has 0 amide bonds. The molecule has 2 aliphatic heterocycles. The van der Waals surface area contributed by atoms with E-state index < -0.39 is 0 Å². The molecule has 2 nitrogen and oxygen atoms in total. The van der Waals surface area contributed by atoms with Crippen molar-refractivity contribution in [3.05, 3.63) is 6.92 Å². The van der Waals surface area contributed by atoms with Crippen LogP contribution in [0.5, 0.6) is 0 Å². The fourth-order valence-corrected chi connectivity index (χ4v) is 3.27. The van der Waals surface area contributed by atoms with Gasteiger partial charge in [0.05, 0.1) is 12.2 Å². The molecule has 2 aliphatic rings. The van der Waals surface area contributed by atoms with Crippen molar-refractivity contribution < 1.29 is 30.5 Å². The molecule has 0 aliphatic carbocycles. The Labute approximate surface area is 126 Å². The Kier molecular flexibility index (Phi) is 7.42. The largest absolute Gasteiger partial charge is 0.347 e. The first kappa shape index (κ1) is 16.7. The molecule has 106 valence electrons. The van der Waals surface area contributed by atoms with Gasteiger partial charge in [0, 0.05) is 33.9 Å². The summed E-state index contributed by atoms with van der Waals surface area (Å²) in [7, 11) is 0. The molecule has 2 fully saturated rings. The van der Waals surface area contributed by atoms with Crippen LogP contribution in [0.4, 0.5) is 0 Å². The van der Waals surface area contributed by atoms with Gasteiger partial charge in [0.2, 0.25) is 0 Å². The Balaban J connectivity index is 0.00000162. The molecule has 2 saturated heterocycles. The van der Waals surface area contributed by atoms with Crippen molar-refractivity contribution in [2.75, 3.05) is 0 Å². The third-order valence-corrected chi connectivity index (χ3v) is 4.07. The van der Waals surface area contributed by atoms with Gasteiger partial charge in [-0.3, -0.25) is 0 Å². The standard InChI is InChI=1S/C15H27O2.W/c1-3-7-13-9-5-11-15(16-13)12-6-10-14(17-15)8-4-2;/h13-14H,1,3-12H2,2H3;/q-1;. The summed E-state index contributed by atoms with van der Waals surface area (Å²) in [4.78, 5) is 0. The van der Waals surface area contributed by atoms with E-state index in [-0.39, 0.29) is 26.9 Å². The number of rotatable bonds is 4. The Morgan fingerprint density at radius 1 is 1.06 bits per heavy atom. The van der Waals surface area contributed by atoms with E-state index >= 15 is 0 Å². The Morgan fingerprint density at radius 2 is 1.61 bits per heavy atom. The molecule has 0 aromatic heterocycles. The molecular formula is C15H27O2W-. The zero-order valence-electron chi connectivity index (χ0n) is 11.7. The van der Waals surface area contributed by atoms with E-state index in [9.17, 15) is 0 Å². The third-order valence-electron chi connectivity index (χ3n) is 4.07. The second kappa shape index (κ2) is 8.02. The van der Waals surface area contributed by atoms with Gasteiger partial charge in [-0.15, -0.1) is 0 Å². The van der Waals surface area contributed by atoms with E-state index in [1.54, 1.807) is 0 Å². The van der Waals surface area contributed by atoms with E-state index in [0.717, 1.165) is 25.7 Å². The third kappa shape index (κ3) is 4.32. The molecule has 0 aromatic rings. The smallest absolute Gasteiger partial charge is 0.169 e. The molecule has 0 aromatic carbocycles. The topological polar surface area (TPSA) is 18.5 Å². The fourth-order valence-electron chi connectivity index (χ4n) is 3.27. The van der Waals surface area contributed by atoms with Crippen LogP contribution in [0.1, 0.15) is 71.1 Å². The second-order valence-electron chi connectivity index (χ2n) is 5.61. The normalized spacial score (nSPS) is 36.3. The van der Waals surface area contributed by atoms with Crippen LogP contribution in [0.3, 0.4) is 0 Å². The van der Waals surface area contributed by atoms with Gasteiger partial charge in [0.25, 0.3) is 0 Å². The molecule has 18 heavy (non-hydrogen) atoms. The van der Waals surface area contributed by atoms with Crippen LogP contribution in [0.25, 0.3) is 0 Å². The molecule has 1 spiro atoms. The predicted molar refractivity (Wildman–Crippen MR) is 69.7 cm³/mol. The van der Waals surface area contributed by atoms with Gasteiger partial charge in [0.1, 0.15) is 0 Å². The van der Waals surface area contributed by atoms with Gasteiger partial charge < -0.3 is 16.4 Å². The van der Waals surface area contributed by atoms with Crippen LogP contribution < -0.4 is 0 Å². The van der Waals surface area contributed by atoms with Crippen molar-refractivity contribution in [3.8, 4) is 0 Å². The first-order valence-electron chi connectivity index (χ1n) is 7.43. The number of hydrogen-bond acceptors (Lipinski definition) is 2. The molecule has 0 saturated carbocycles. The molecule has 3 unspecified atom stereocenters. The second-order valence-corrected chi connectivity index (χ2v) is 5.61. The van der Waals surface area contributed by atoms with Gasteiger partial charge in [-0.05, 0) is 32.1 Å². The molecule has 2 heterocycles. The zero-order valence-corrected chi connectivity index (χ0v) is 14.6. The summed E-state index contributed by atoms with van der Waals surface area (Å²) >= 11 is 0. The summed E-state index contributed by atoms with van der Waals surface area (Å²) in [6.45, 7) is 6.17. The molecule has 0 N–H and O–H groups in total. The molecule has 3 heteroatoms. The van der Waals surface area contributed by atoms with Crippen molar-refractivity contribution >= 4 is 0 Å². The molecular weight excluding hydrogens is 396 g/mol.